The van der Waals surface area contributed by atoms with Gasteiger partial charge in [0.05, 0.1) is 6.33 Å². The van der Waals surface area contributed by atoms with Gasteiger partial charge in [0, 0.05) is 25.8 Å². The summed E-state index contributed by atoms with van der Waals surface area (Å²) in [5, 5.41) is 2.84. The molecule has 0 spiro atoms. The first-order valence-corrected chi connectivity index (χ1v) is 6.30. The Morgan fingerprint density at radius 2 is 2.00 bits per heavy atom. The SMILES string of the molecule is CCn1cnc(C(=O)NCc2ccc(CN)cc2)c1. The van der Waals surface area contributed by atoms with Crippen LogP contribution in [0.15, 0.2) is 36.8 Å². The number of aromatic nitrogens is 2. The van der Waals surface area contributed by atoms with Gasteiger partial charge in [-0.25, -0.2) is 4.98 Å². The number of hydrogen-bond acceptors (Lipinski definition) is 3. The molecule has 3 N–H and O–H groups in total. The van der Waals surface area contributed by atoms with Crippen LogP contribution in [-0.2, 0) is 19.6 Å². The van der Waals surface area contributed by atoms with Gasteiger partial charge in [0.25, 0.3) is 5.91 Å². The van der Waals surface area contributed by atoms with Crippen molar-refractivity contribution in [3.63, 3.8) is 0 Å². The number of imidazole rings is 1. The summed E-state index contributed by atoms with van der Waals surface area (Å²) in [7, 11) is 0. The van der Waals surface area contributed by atoms with Crippen LogP contribution in [0.3, 0.4) is 0 Å². The first kappa shape index (κ1) is 13.3. The average molecular weight is 258 g/mol. The molecule has 1 heterocycles. The minimum absolute atomic E-state index is 0.157. The third kappa shape index (κ3) is 3.42. The Hall–Kier alpha value is -2.14. The van der Waals surface area contributed by atoms with E-state index >= 15 is 0 Å². The molecule has 5 nitrogen and oxygen atoms in total. The summed E-state index contributed by atoms with van der Waals surface area (Å²) in [5.74, 6) is -0.157. The molecule has 1 aromatic heterocycles. The van der Waals surface area contributed by atoms with Crippen molar-refractivity contribution in [1.29, 1.82) is 0 Å². The maximum Gasteiger partial charge on any atom is 0.271 e. The van der Waals surface area contributed by atoms with Gasteiger partial charge < -0.3 is 15.6 Å². The van der Waals surface area contributed by atoms with E-state index in [1.807, 2.05) is 35.8 Å². The van der Waals surface area contributed by atoms with E-state index in [9.17, 15) is 4.79 Å². The molecule has 0 bridgehead atoms. The van der Waals surface area contributed by atoms with Gasteiger partial charge >= 0.3 is 0 Å². The zero-order valence-corrected chi connectivity index (χ0v) is 11.0. The number of aryl methyl sites for hydroxylation is 1. The first-order chi connectivity index (χ1) is 9.22. The number of nitrogens with one attached hydrogen (secondary N) is 1. The van der Waals surface area contributed by atoms with Gasteiger partial charge in [0.1, 0.15) is 5.69 Å². The van der Waals surface area contributed by atoms with E-state index in [1.165, 1.54) is 0 Å². The van der Waals surface area contributed by atoms with E-state index in [0.717, 1.165) is 17.7 Å². The second-order valence-electron chi connectivity index (χ2n) is 4.29. The minimum atomic E-state index is -0.157. The Bertz CT molecular complexity index is 545. The van der Waals surface area contributed by atoms with Crippen molar-refractivity contribution in [3.05, 3.63) is 53.6 Å². The standard InChI is InChI=1S/C14H18N4O/c1-2-18-9-13(17-10-18)14(19)16-8-12-5-3-11(7-15)4-6-12/h3-6,9-10H,2,7-8,15H2,1H3,(H,16,19). The molecule has 1 aromatic carbocycles. The summed E-state index contributed by atoms with van der Waals surface area (Å²) in [6, 6.07) is 7.86. The number of benzene rings is 1. The molecule has 0 fully saturated rings. The van der Waals surface area contributed by atoms with E-state index in [2.05, 4.69) is 10.3 Å². The number of carbonyl (C=O) groups is 1. The van der Waals surface area contributed by atoms with Gasteiger partial charge in [-0.1, -0.05) is 24.3 Å². The molecule has 0 aliphatic rings. The van der Waals surface area contributed by atoms with E-state index < -0.39 is 0 Å². The third-order valence-electron chi connectivity index (χ3n) is 2.94. The van der Waals surface area contributed by atoms with Crippen molar-refractivity contribution in [2.45, 2.75) is 26.6 Å². The Morgan fingerprint density at radius 3 is 2.58 bits per heavy atom. The molecule has 5 heteroatoms. The van der Waals surface area contributed by atoms with Crippen LogP contribution in [0.4, 0.5) is 0 Å². The number of nitrogens with two attached hydrogens (primary N) is 1. The van der Waals surface area contributed by atoms with Crippen LogP contribution < -0.4 is 11.1 Å². The normalized spacial score (nSPS) is 10.4. The highest BCUT2D eigenvalue weighted by Crippen LogP contribution is 2.04. The number of hydrogen-bond donors (Lipinski definition) is 2. The Morgan fingerprint density at radius 1 is 1.32 bits per heavy atom. The Kier molecular flexibility index (Phi) is 4.30. The molecule has 0 saturated heterocycles. The quantitative estimate of drug-likeness (QED) is 0.848. The number of amides is 1. The monoisotopic (exact) mass is 258 g/mol. The maximum absolute atomic E-state index is 11.9. The predicted octanol–water partition coefficient (Wildman–Crippen LogP) is 1.29. The van der Waals surface area contributed by atoms with E-state index in [1.54, 1.807) is 12.5 Å². The summed E-state index contributed by atoms with van der Waals surface area (Å²) < 4.78 is 1.87. The lowest BCUT2D eigenvalue weighted by atomic mass is 10.1. The lowest BCUT2D eigenvalue weighted by molar-refractivity contribution is 0.0946. The number of nitrogens with zero attached hydrogens (tertiary/aromatic N) is 2. The molecule has 0 atom stereocenters. The lowest BCUT2D eigenvalue weighted by Gasteiger charge is -2.04. The average Bonchev–Trinajstić information content (AvgIpc) is 2.94. The van der Waals surface area contributed by atoms with Crippen LogP contribution in [-0.4, -0.2) is 15.5 Å². The van der Waals surface area contributed by atoms with E-state index in [0.29, 0.717) is 18.8 Å². The third-order valence-corrected chi connectivity index (χ3v) is 2.94. The molecule has 0 radical (unpaired) electrons. The second kappa shape index (κ2) is 6.15. The van der Waals surface area contributed by atoms with Gasteiger partial charge in [0.2, 0.25) is 0 Å². The molecule has 0 aliphatic carbocycles. The zero-order chi connectivity index (χ0) is 13.7. The van der Waals surface area contributed by atoms with Crippen molar-refractivity contribution >= 4 is 5.91 Å². The smallest absolute Gasteiger partial charge is 0.271 e. The summed E-state index contributed by atoms with van der Waals surface area (Å²) in [6.45, 7) is 3.83. The molecule has 19 heavy (non-hydrogen) atoms. The molecule has 0 saturated carbocycles. The topological polar surface area (TPSA) is 72.9 Å². The highest BCUT2D eigenvalue weighted by molar-refractivity contribution is 5.91. The molecule has 2 rings (SSSR count). The van der Waals surface area contributed by atoms with Crippen LogP contribution in [0.1, 0.15) is 28.5 Å². The summed E-state index contributed by atoms with van der Waals surface area (Å²) in [6.07, 6.45) is 3.40. The first-order valence-electron chi connectivity index (χ1n) is 6.30. The van der Waals surface area contributed by atoms with Crippen LogP contribution in [0.5, 0.6) is 0 Å². The van der Waals surface area contributed by atoms with Crippen LogP contribution in [0, 0.1) is 0 Å². The molecule has 1 amide bonds. The van der Waals surface area contributed by atoms with Crippen LogP contribution >= 0.6 is 0 Å². The minimum Gasteiger partial charge on any atom is -0.347 e. The van der Waals surface area contributed by atoms with Gasteiger partial charge in [0.15, 0.2) is 0 Å². The molecule has 0 aliphatic heterocycles. The number of rotatable bonds is 5. The lowest BCUT2D eigenvalue weighted by Crippen LogP contribution is -2.23. The Balaban J connectivity index is 1.92. The van der Waals surface area contributed by atoms with Gasteiger partial charge in [-0.2, -0.15) is 0 Å². The predicted molar refractivity (Wildman–Crippen MR) is 73.4 cm³/mol. The van der Waals surface area contributed by atoms with Gasteiger partial charge in [-0.15, -0.1) is 0 Å². The Labute approximate surface area is 112 Å². The zero-order valence-electron chi connectivity index (χ0n) is 11.0. The van der Waals surface area contributed by atoms with Crippen LogP contribution in [0.25, 0.3) is 0 Å². The highest BCUT2D eigenvalue weighted by atomic mass is 16.1. The maximum atomic E-state index is 11.9. The summed E-state index contributed by atoms with van der Waals surface area (Å²) >= 11 is 0. The van der Waals surface area contributed by atoms with E-state index in [4.69, 9.17) is 5.73 Å². The molecular weight excluding hydrogens is 240 g/mol. The summed E-state index contributed by atoms with van der Waals surface area (Å²) in [4.78, 5) is 15.9. The highest BCUT2D eigenvalue weighted by Gasteiger charge is 2.08. The van der Waals surface area contributed by atoms with Crippen molar-refractivity contribution in [3.8, 4) is 0 Å². The fourth-order valence-corrected chi connectivity index (χ4v) is 1.72. The second-order valence-corrected chi connectivity index (χ2v) is 4.29. The van der Waals surface area contributed by atoms with Crippen molar-refractivity contribution in [2.24, 2.45) is 5.73 Å². The van der Waals surface area contributed by atoms with Crippen molar-refractivity contribution in [1.82, 2.24) is 14.9 Å². The fraction of sp³-hybridized carbons (Fsp3) is 0.286. The molecule has 0 unspecified atom stereocenters. The molecule has 2 aromatic rings. The summed E-state index contributed by atoms with van der Waals surface area (Å²) in [5.41, 5.74) is 8.10. The molecule has 100 valence electrons. The van der Waals surface area contributed by atoms with Crippen molar-refractivity contribution < 1.29 is 4.79 Å². The van der Waals surface area contributed by atoms with Gasteiger partial charge in [-0.05, 0) is 18.1 Å². The van der Waals surface area contributed by atoms with Crippen molar-refractivity contribution in [2.75, 3.05) is 0 Å². The number of carbonyl (C=O) groups excluding carboxylic acids is 1. The van der Waals surface area contributed by atoms with Gasteiger partial charge in [-0.3, -0.25) is 4.79 Å². The largest absolute Gasteiger partial charge is 0.347 e. The van der Waals surface area contributed by atoms with Crippen LogP contribution in [0.2, 0.25) is 0 Å². The fourth-order valence-electron chi connectivity index (χ4n) is 1.72. The molecular formula is C14H18N4O. The van der Waals surface area contributed by atoms with E-state index in [-0.39, 0.29) is 5.91 Å².